The van der Waals surface area contributed by atoms with Gasteiger partial charge in [0.1, 0.15) is 13.1 Å². The van der Waals surface area contributed by atoms with Crippen molar-refractivity contribution in [2.75, 3.05) is 37.8 Å². The molecule has 0 fully saturated rings. The number of carbonyl (C=O) groups excluding carboxylic acids is 8. The number of hydrogen-bond acceptors (Lipinski definition) is 24. The molecule has 0 radical (unpaired) electrons. The van der Waals surface area contributed by atoms with Crippen molar-refractivity contribution in [2.24, 2.45) is 11.5 Å². The predicted octanol–water partition coefficient (Wildman–Crippen LogP) is -5.57. The van der Waals surface area contributed by atoms with Gasteiger partial charge in [0.2, 0.25) is 23.6 Å². The van der Waals surface area contributed by atoms with Gasteiger partial charge in [-0.2, -0.15) is 19.6 Å². The molecule has 0 rings (SSSR count). The molecule has 4 amide bonds. The molecular weight excluding hydrogens is 860 g/mol. The third-order valence-electron chi connectivity index (χ3n) is 5.03. The summed E-state index contributed by atoms with van der Waals surface area (Å²) in [6, 6.07) is -4.53. The number of ether oxygens (including phenoxy) is 2. The Morgan fingerprint density at radius 1 is 0.593 bits per heavy atom. The number of hydrogen-bond donors (Lipinski definition) is 10. The maximum absolute atomic E-state index is 11.7. The maximum Gasteiger partial charge on any atom is 2.00 e. The molecule has 0 bridgehead atoms. The van der Waals surface area contributed by atoms with Crippen LogP contribution in [0, 0.1) is 42.0 Å². The van der Waals surface area contributed by atoms with E-state index in [0.717, 1.165) is 0 Å². The fraction of sp³-hybridized carbons (Fsp3) is 0.667. The Kier molecular flexibility index (Phi) is 61.4. The standard InChI is InChI=1S/2C12H21N3O6S.2Fe.4HNO/c2*1-2-21-10(17)5-14-11(18)8(6-22)15-9(16)4-3-7(13)12(19)20;;;4*1-2/h2*7-8,22H,2-6,13H2,1H3,(H,14,18)(H,15,16)(H,19,20);;;4*1H/q;;2*+2;;;;/p-4/t2*7-,8-;;;;;;/m00....../s1. The Hall–Kier alpha value is -4.18. The maximum atomic E-state index is 11.7. The number of esters is 2. The molecule has 0 aromatic heterocycles. The van der Waals surface area contributed by atoms with Crippen LogP contribution in [0.5, 0.6) is 0 Å². The molecule has 0 aromatic carbocycles. The fourth-order valence-corrected chi connectivity index (χ4v) is 3.17. The molecule has 4 atom stereocenters. The van der Waals surface area contributed by atoms with Gasteiger partial charge in [-0.25, -0.2) is 0 Å². The molecule has 12 N–H and O–H groups in total. The number of nitrogens with one attached hydrogen (secondary N) is 8. The average molecular weight is 902 g/mol. The molecule has 0 aliphatic rings. The van der Waals surface area contributed by atoms with Crippen LogP contribution in [0.15, 0.2) is 0 Å². The van der Waals surface area contributed by atoms with Gasteiger partial charge in [-0.1, -0.05) is 22.4 Å². The van der Waals surface area contributed by atoms with Gasteiger partial charge in [-0.05, 0) is 26.7 Å². The van der Waals surface area contributed by atoms with Crippen LogP contribution in [0.2, 0.25) is 0 Å². The number of aliphatic carboxylic acids is 2. The van der Waals surface area contributed by atoms with E-state index < -0.39 is 71.7 Å². The molecule has 0 saturated heterocycles. The summed E-state index contributed by atoms with van der Waals surface area (Å²) in [6.45, 7) is 2.98. The first-order chi connectivity index (χ1) is 24.6. The van der Waals surface area contributed by atoms with Gasteiger partial charge in [0.25, 0.3) is 0 Å². The van der Waals surface area contributed by atoms with Crippen LogP contribution in [-0.4, -0.2) is 109 Å². The smallest absolute Gasteiger partial charge is 0.790 e. The van der Waals surface area contributed by atoms with Crippen molar-refractivity contribution in [3.63, 3.8) is 0 Å². The Bertz CT molecular complexity index is 995. The molecule has 312 valence electrons. The van der Waals surface area contributed by atoms with E-state index in [9.17, 15) is 48.6 Å². The second kappa shape index (κ2) is 48.8. The summed E-state index contributed by atoms with van der Waals surface area (Å²) in [5.74, 6) is -6.73. The summed E-state index contributed by atoms with van der Waals surface area (Å²) in [7, 11) is 0. The van der Waals surface area contributed by atoms with E-state index in [1.165, 1.54) is 0 Å². The van der Waals surface area contributed by atoms with Gasteiger partial charge in [0, 0.05) is 24.9 Å². The van der Waals surface area contributed by atoms with Gasteiger partial charge >= 0.3 is 46.1 Å². The predicted molar refractivity (Wildman–Crippen MR) is 176 cm³/mol. The fourth-order valence-electron chi connectivity index (χ4n) is 2.70. The minimum atomic E-state index is -1.46. The van der Waals surface area contributed by atoms with Gasteiger partial charge < -0.3 is 87.3 Å². The summed E-state index contributed by atoms with van der Waals surface area (Å²) in [5.41, 5.74) is 28.4. The van der Waals surface area contributed by atoms with Crippen LogP contribution in [0.3, 0.4) is 0 Å². The Labute approximate surface area is 340 Å². The van der Waals surface area contributed by atoms with Crippen molar-refractivity contribution in [3.05, 3.63) is 19.6 Å². The zero-order valence-corrected chi connectivity index (χ0v) is 32.4. The molecule has 0 unspecified atom stereocenters. The number of carbonyl (C=O) groups is 8. The van der Waals surface area contributed by atoms with E-state index in [1.54, 1.807) is 13.8 Å². The Morgan fingerprint density at radius 2 is 0.852 bits per heavy atom. The molecule has 0 heterocycles. The van der Waals surface area contributed by atoms with E-state index in [1.807, 2.05) is 0 Å². The van der Waals surface area contributed by atoms with Gasteiger partial charge in [0.05, 0.1) is 37.2 Å². The number of carboxylic acid groups (broad SMARTS) is 2. The van der Waals surface area contributed by atoms with Crippen LogP contribution in [-0.2, 0) is 107 Å². The number of nitroso groups, excluding NO2 is 4. The van der Waals surface area contributed by atoms with Crippen molar-refractivity contribution < 1.29 is 92.2 Å². The first-order valence-electron chi connectivity index (χ1n) is 14.0. The summed E-state index contributed by atoms with van der Waals surface area (Å²) in [4.78, 5) is 120. The van der Waals surface area contributed by atoms with Gasteiger partial charge in [0.15, 0.2) is 0 Å². The normalized spacial score (nSPS) is 10.8. The largest absolute Gasteiger partial charge is 2.00 e. The molecule has 0 spiro atoms. The molecule has 0 aliphatic carbocycles. The molecule has 0 saturated carbocycles. The summed E-state index contributed by atoms with van der Waals surface area (Å²) >= 11 is 9.51. The number of amides is 4. The second-order valence-electron chi connectivity index (χ2n) is 8.55. The van der Waals surface area contributed by atoms with Crippen LogP contribution in [0.1, 0.15) is 39.5 Å². The van der Waals surface area contributed by atoms with Crippen LogP contribution in [0.4, 0.5) is 0 Å². The SMILES string of the molecule is CCOC(=O)CNC(=O)[C@H](C[S-])NC(=O)CC[C@H](N)C(=O)[O-].CCOC(=O)CNC(=O)[C@H](C[S-])NC(=O)CC[C@H](N)C(=O)[O-].N=O.N=O.N=O.N=O.[Fe+2].[Fe+2]. The van der Waals surface area contributed by atoms with Crippen molar-refractivity contribution >= 4 is 72.8 Å². The second-order valence-corrected chi connectivity index (χ2v) is 9.21. The number of rotatable bonds is 20. The van der Waals surface area contributed by atoms with E-state index >= 15 is 0 Å². The van der Waals surface area contributed by atoms with Crippen molar-refractivity contribution in [1.29, 1.82) is 22.4 Å². The summed E-state index contributed by atoms with van der Waals surface area (Å²) in [6.07, 6.45) is -0.621. The van der Waals surface area contributed by atoms with Crippen molar-refractivity contribution in [1.82, 2.24) is 21.3 Å². The average Bonchev–Trinajstić information content (AvgIpc) is 3.15. The first-order valence-corrected chi connectivity index (χ1v) is 15.1. The van der Waals surface area contributed by atoms with E-state index in [-0.39, 0.29) is 97.6 Å². The van der Waals surface area contributed by atoms with Gasteiger partial charge in [-0.15, -0.1) is 11.5 Å². The summed E-state index contributed by atoms with van der Waals surface area (Å²) in [5, 5.41) is 30.1. The Morgan fingerprint density at radius 3 is 1.06 bits per heavy atom. The zero-order valence-electron chi connectivity index (χ0n) is 28.6. The number of nitrogens with two attached hydrogens (primary N) is 2. The zero-order chi connectivity index (χ0) is 42.2. The molecule has 54 heavy (non-hydrogen) atoms. The van der Waals surface area contributed by atoms with Crippen molar-refractivity contribution in [2.45, 2.75) is 63.7 Å². The molecule has 26 nitrogen and oxygen atoms in total. The van der Waals surface area contributed by atoms with Crippen LogP contribution < -0.4 is 42.9 Å². The number of carboxylic acids is 2. The first kappa shape index (κ1) is 67.9. The monoisotopic (exact) mass is 902 g/mol. The minimum absolute atomic E-state index is 0. The quantitative estimate of drug-likeness (QED) is 0.0236. The van der Waals surface area contributed by atoms with E-state index in [4.69, 9.17) is 56.4 Å². The van der Waals surface area contributed by atoms with Crippen molar-refractivity contribution in [3.8, 4) is 0 Å². The van der Waals surface area contributed by atoms with E-state index in [2.05, 4.69) is 53.1 Å². The van der Waals surface area contributed by atoms with Crippen LogP contribution >= 0.6 is 0 Å². The third-order valence-corrected chi connectivity index (χ3v) is 5.70. The molecule has 0 aliphatic heterocycles. The van der Waals surface area contributed by atoms with Gasteiger partial charge in [-0.3, -0.25) is 28.8 Å². The minimum Gasteiger partial charge on any atom is -0.790 e. The summed E-state index contributed by atoms with van der Waals surface area (Å²) < 4.78 is 9.26. The van der Waals surface area contributed by atoms with Crippen LogP contribution in [0.25, 0.3) is 0 Å². The molecule has 0 aromatic rings. The topological polar surface area (TPSA) is 465 Å². The molecular formula is C24H42Fe2N10O16S2. The van der Waals surface area contributed by atoms with E-state index in [0.29, 0.717) is 0 Å². The third kappa shape index (κ3) is 42.2. The molecule has 30 heteroatoms. The Balaban J connectivity index is -0.000000107.